The number of phenolic OH excluding ortho intramolecular Hbond substituents is 2. The second-order valence-electron chi connectivity index (χ2n) is 9.28. The Bertz CT molecular complexity index is 1540. The van der Waals surface area contributed by atoms with Crippen LogP contribution in [0.1, 0.15) is 32.4 Å². The van der Waals surface area contributed by atoms with Crippen molar-refractivity contribution in [1.29, 1.82) is 0 Å². The summed E-state index contributed by atoms with van der Waals surface area (Å²) in [7, 11) is 0. The van der Waals surface area contributed by atoms with E-state index in [1.807, 2.05) is 0 Å². The van der Waals surface area contributed by atoms with Gasteiger partial charge in [-0.2, -0.15) is 0 Å². The molecule has 2 fully saturated rings. The van der Waals surface area contributed by atoms with Crippen LogP contribution in [0.25, 0.3) is 0 Å². The number of Topliss-reactive ketones (excluding diaryl/α,β-unsaturated/α-hetero) is 2. The molecule has 37 heavy (non-hydrogen) atoms. The van der Waals surface area contributed by atoms with E-state index in [0.29, 0.717) is 11.5 Å². The van der Waals surface area contributed by atoms with Crippen molar-refractivity contribution in [2.75, 3.05) is 11.7 Å². The van der Waals surface area contributed by atoms with Gasteiger partial charge in [0.05, 0.1) is 23.6 Å². The van der Waals surface area contributed by atoms with Gasteiger partial charge >= 0.3 is 0 Å². The molecule has 1 spiro atoms. The van der Waals surface area contributed by atoms with Gasteiger partial charge in [-0.25, -0.2) is 4.90 Å². The van der Waals surface area contributed by atoms with Crippen LogP contribution in [0, 0.1) is 11.8 Å². The summed E-state index contributed by atoms with van der Waals surface area (Å²) >= 11 is 0. The van der Waals surface area contributed by atoms with Crippen LogP contribution in [0.15, 0.2) is 60.7 Å². The van der Waals surface area contributed by atoms with Gasteiger partial charge in [0.2, 0.25) is 35.8 Å². The van der Waals surface area contributed by atoms with Crippen molar-refractivity contribution in [3.05, 3.63) is 77.4 Å². The van der Waals surface area contributed by atoms with Crippen LogP contribution in [0.2, 0.25) is 0 Å². The molecule has 2 amide bonds. The summed E-state index contributed by atoms with van der Waals surface area (Å²) in [6.45, 7) is -0.00341. The molecular weight excluding hydrogens is 482 g/mol. The van der Waals surface area contributed by atoms with Gasteiger partial charge in [-0.05, 0) is 29.8 Å². The number of aromatic hydroxyl groups is 2. The fraction of sp³-hybridized carbons (Fsp3) is 0.185. The highest BCUT2D eigenvalue weighted by atomic mass is 16.7. The number of nitrogens with zero attached hydrogens (tertiary/aromatic N) is 1. The van der Waals surface area contributed by atoms with Crippen LogP contribution in [0.5, 0.6) is 23.0 Å². The van der Waals surface area contributed by atoms with Gasteiger partial charge in [0, 0.05) is 17.2 Å². The van der Waals surface area contributed by atoms with Crippen LogP contribution in [-0.4, -0.2) is 46.0 Å². The molecule has 7 rings (SSSR count). The Morgan fingerprint density at radius 1 is 0.784 bits per heavy atom. The summed E-state index contributed by atoms with van der Waals surface area (Å²) in [5.74, 6) is -5.57. The number of carbonyl (C=O) groups excluding carboxylic acids is 4. The Kier molecular flexibility index (Phi) is 4.18. The highest BCUT2D eigenvalue weighted by molar-refractivity contribution is 6.37. The number of ketones is 2. The van der Waals surface area contributed by atoms with Crippen molar-refractivity contribution in [3.63, 3.8) is 0 Å². The van der Waals surface area contributed by atoms with Crippen molar-refractivity contribution in [2.45, 2.75) is 11.7 Å². The van der Waals surface area contributed by atoms with Crippen LogP contribution in [0.3, 0.4) is 0 Å². The van der Waals surface area contributed by atoms with E-state index in [4.69, 9.17) is 14.2 Å². The largest absolute Gasteiger partial charge is 0.504 e. The van der Waals surface area contributed by atoms with Gasteiger partial charge in [-0.1, -0.05) is 30.3 Å². The Morgan fingerprint density at radius 2 is 1.49 bits per heavy atom. The number of anilines is 1. The Labute approximate surface area is 208 Å². The van der Waals surface area contributed by atoms with Gasteiger partial charge in [-0.3, -0.25) is 19.2 Å². The monoisotopic (exact) mass is 499 g/mol. The molecule has 0 bridgehead atoms. The molecule has 3 aromatic rings. The zero-order valence-electron chi connectivity index (χ0n) is 18.9. The number of benzene rings is 3. The molecule has 3 aliphatic heterocycles. The van der Waals surface area contributed by atoms with E-state index in [1.54, 1.807) is 18.2 Å². The highest BCUT2D eigenvalue weighted by Crippen LogP contribution is 2.58. The normalized spacial score (nSPS) is 24.8. The zero-order valence-corrected chi connectivity index (χ0v) is 18.9. The van der Waals surface area contributed by atoms with Gasteiger partial charge in [0.25, 0.3) is 0 Å². The molecule has 4 aliphatic rings. The fourth-order valence-electron chi connectivity index (χ4n) is 5.81. The minimum atomic E-state index is -2.25. The van der Waals surface area contributed by atoms with Gasteiger partial charge < -0.3 is 24.4 Å². The maximum Gasteiger partial charge on any atom is 0.241 e. The predicted octanol–water partition coefficient (Wildman–Crippen LogP) is 2.52. The number of phenols is 2. The number of rotatable bonds is 2. The van der Waals surface area contributed by atoms with E-state index in [1.165, 1.54) is 42.5 Å². The third-order valence-corrected chi connectivity index (χ3v) is 7.46. The first-order valence-electron chi connectivity index (χ1n) is 11.5. The number of ether oxygens (including phenoxy) is 3. The lowest BCUT2D eigenvalue weighted by Gasteiger charge is -2.27. The second-order valence-corrected chi connectivity index (χ2v) is 9.28. The standard InChI is InChI=1S/C27H17NO9/c29-16-7-5-12(9-17(16)30)22-20-21(27(37-22)23(31)14-3-1-2-4-15(14)24(27)32)26(34)28(25(20)33)13-6-8-18-19(10-13)36-11-35-18/h1-10,20-22,29-30H,11H2. The Morgan fingerprint density at radius 3 is 2.19 bits per heavy atom. The topological polar surface area (TPSA) is 140 Å². The lowest BCUT2D eigenvalue weighted by molar-refractivity contribution is -0.127. The van der Waals surface area contributed by atoms with E-state index in [0.717, 1.165) is 4.90 Å². The van der Waals surface area contributed by atoms with Crippen LogP contribution < -0.4 is 14.4 Å². The second kappa shape index (κ2) is 7.17. The van der Waals surface area contributed by atoms with Crippen molar-refractivity contribution < 1.29 is 43.6 Å². The van der Waals surface area contributed by atoms with E-state index in [9.17, 15) is 29.4 Å². The zero-order chi connectivity index (χ0) is 25.6. The molecule has 3 atom stereocenters. The first-order chi connectivity index (χ1) is 17.8. The molecular formula is C27H17NO9. The number of hydrogen-bond acceptors (Lipinski definition) is 9. The van der Waals surface area contributed by atoms with Crippen LogP contribution >= 0.6 is 0 Å². The predicted molar refractivity (Wildman–Crippen MR) is 123 cm³/mol. The molecule has 3 unspecified atom stereocenters. The average Bonchev–Trinajstić information content (AvgIpc) is 3.62. The number of carbonyl (C=O) groups is 4. The maximum absolute atomic E-state index is 14.0. The molecule has 0 radical (unpaired) electrons. The van der Waals surface area contributed by atoms with Gasteiger partial charge in [0.15, 0.2) is 23.0 Å². The molecule has 10 nitrogen and oxygen atoms in total. The molecule has 184 valence electrons. The number of hydrogen-bond donors (Lipinski definition) is 2. The third kappa shape index (κ3) is 2.62. The number of amides is 2. The molecule has 2 N–H and O–H groups in total. The van der Waals surface area contributed by atoms with Crippen LogP contribution in [0.4, 0.5) is 5.69 Å². The molecule has 1 aliphatic carbocycles. The minimum Gasteiger partial charge on any atom is -0.504 e. The van der Waals surface area contributed by atoms with Crippen molar-refractivity contribution in [1.82, 2.24) is 0 Å². The minimum absolute atomic E-state index is 0.00341. The number of fused-ring (bicyclic) bond motifs is 4. The first-order valence-corrected chi connectivity index (χ1v) is 11.5. The van der Waals surface area contributed by atoms with Crippen molar-refractivity contribution in [3.8, 4) is 23.0 Å². The van der Waals surface area contributed by atoms with E-state index >= 15 is 0 Å². The molecule has 2 saturated heterocycles. The molecule has 0 saturated carbocycles. The number of imide groups is 1. The summed E-state index contributed by atoms with van der Waals surface area (Å²) in [5.41, 5.74) is -1.59. The van der Waals surface area contributed by atoms with Crippen molar-refractivity contribution in [2.24, 2.45) is 11.8 Å². The lowest BCUT2D eigenvalue weighted by atomic mass is 9.77. The highest BCUT2D eigenvalue weighted by Gasteiger charge is 2.74. The summed E-state index contributed by atoms with van der Waals surface area (Å²) in [4.78, 5) is 56.3. The smallest absolute Gasteiger partial charge is 0.241 e. The summed E-state index contributed by atoms with van der Waals surface area (Å²) in [6, 6.07) is 14.6. The summed E-state index contributed by atoms with van der Waals surface area (Å²) < 4.78 is 16.9. The summed E-state index contributed by atoms with van der Waals surface area (Å²) in [6.07, 6.45) is -1.23. The van der Waals surface area contributed by atoms with E-state index < -0.39 is 58.4 Å². The van der Waals surface area contributed by atoms with E-state index in [2.05, 4.69) is 0 Å². The quantitative estimate of drug-likeness (QED) is 0.309. The molecule has 10 heteroatoms. The van der Waals surface area contributed by atoms with Crippen molar-refractivity contribution >= 4 is 29.1 Å². The first kappa shape index (κ1) is 21.6. The Hall–Kier alpha value is -4.70. The average molecular weight is 499 g/mol. The third-order valence-electron chi connectivity index (χ3n) is 7.46. The SMILES string of the molecule is O=C1C2C(c3ccc(O)c(O)c3)OC3(C(=O)c4ccccc4C3=O)C2C(=O)N1c1ccc2c(c1)OCO2. The Balaban J connectivity index is 1.41. The van der Waals surface area contributed by atoms with Crippen LogP contribution in [-0.2, 0) is 14.3 Å². The molecule has 3 aromatic carbocycles. The molecule has 3 heterocycles. The fourth-order valence-corrected chi connectivity index (χ4v) is 5.81. The lowest BCUT2D eigenvalue weighted by Crippen LogP contribution is -2.51. The molecule has 0 aromatic heterocycles. The van der Waals surface area contributed by atoms with Gasteiger partial charge in [0.1, 0.15) is 0 Å². The summed E-state index contributed by atoms with van der Waals surface area (Å²) in [5, 5.41) is 19.9. The van der Waals surface area contributed by atoms with E-state index in [-0.39, 0.29) is 29.2 Å². The maximum atomic E-state index is 14.0. The van der Waals surface area contributed by atoms with Gasteiger partial charge in [-0.15, -0.1) is 0 Å².